The molecule has 2 aliphatic rings. The minimum Gasteiger partial charge on any atom is -0.399 e. The maximum absolute atomic E-state index is 5.95. The number of anilines is 4. The summed E-state index contributed by atoms with van der Waals surface area (Å²) in [6.45, 7) is 4.69. The van der Waals surface area contributed by atoms with E-state index in [0.717, 1.165) is 24.5 Å². The zero-order chi connectivity index (χ0) is 20.2. The average Bonchev–Trinajstić information content (AvgIpc) is 2.76. The second kappa shape index (κ2) is 8.98. The van der Waals surface area contributed by atoms with E-state index in [-0.39, 0.29) is 0 Å². The fourth-order valence-corrected chi connectivity index (χ4v) is 5.58. The van der Waals surface area contributed by atoms with E-state index in [1.165, 1.54) is 56.3 Å². The van der Waals surface area contributed by atoms with Crippen molar-refractivity contribution in [3.8, 4) is 0 Å². The lowest BCUT2D eigenvalue weighted by Crippen LogP contribution is -2.54. The quantitative estimate of drug-likeness (QED) is 0.678. The summed E-state index contributed by atoms with van der Waals surface area (Å²) in [5, 5.41) is 0. The predicted octanol–water partition coefficient (Wildman–Crippen LogP) is 5.30. The lowest BCUT2D eigenvalue weighted by Gasteiger charge is -2.49. The van der Waals surface area contributed by atoms with Crippen molar-refractivity contribution in [3.63, 3.8) is 0 Å². The monoisotopic (exact) mass is 392 g/mol. The molecule has 29 heavy (non-hydrogen) atoms. The van der Waals surface area contributed by atoms with Crippen LogP contribution in [0.1, 0.15) is 51.9 Å². The molecule has 0 radical (unpaired) electrons. The van der Waals surface area contributed by atoms with E-state index in [0.29, 0.717) is 18.0 Å². The first-order valence-corrected chi connectivity index (χ1v) is 11.4. The Balaban J connectivity index is 1.62. The topological polar surface area (TPSA) is 58.5 Å². The molecule has 0 bridgehead atoms. The van der Waals surface area contributed by atoms with Gasteiger partial charge in [-0.1, -0.05) is 6.92 Å². The molecule has 4 rings (SSSR count). The summed E-state index contributed by atoms with van der Waals surface area (Å²) in [5.41, 5.74) is 16.3. The van der Waals surface area contributed by atoms with Crippen LogP contribution in [0.25, 0.3) is 0 Å². The van der Waals surface area contributed by atoms with Crippen LogP contribution >= 0.6 is 0 Å². The Bertz CT molecular complexity index is 705. The Morgan fingerprint density at radius 3 is 1.52 bits per heavy atom. The summed E-state index contributed by atoms with van der Waals surface area (Å²) in [5.74, 6) is 0.658. The van der Waals surface area contributed by atoms with E-state index >= 15 is 0 Å². The van der Waals surface area contributed by atoms with Crippen LogP contribution in [0.5, 0.6) is 0 Å². The highest BCUT2D eigenvalue weighted by Crippen LogP contribution is 2.38. The Morgan fingerprint density at radius 1 is 0.724 bits per heavy atom. The van der Waals surface area contributed by atoms with E-state index in [2.05, 4.69) is 41.0 Å². The molecule has 4 nitrogen and oxygen atoms in total. The molecule has 2 aromatic carbocycles. The van der Waals surface area contributed by atoms with Gasteiger partial charge in [-0.3, -0.25) is 0 Å². The van der Waals surface area contributed by atoms with Crippen LogP contribution in [0.15, 0.2) is 48.5 Å². The zero-order valence-corrected chi connectivity index (χ0v) is 17.8. The van der Waals surface area contributed by atoms with E-state index in [1.54, 1.807) is 0 Å². The third kappa shape index (κ3) is 4.31. The van der Waals surface area contributed by atoms with Crippen molar-refractivity contribution in [1.29, 1.82) is 0 Å². The fourth-order valence-electron chi connectivity index (χ4n) is 5.58. The summed E-state index contributed by atoms with van der Waals surface area (Å²) in [6.07, 6.45) is 9.02. The molecule has 0 saturated carbocycles. The van der Waals surface area contributed by atoms with Crippen LogP contribution in [0.2, 0.25) is 0 Å². The zero-order valence-electron chi connectivity index (χ0n) is 17.8. The largest absolute Gasteiger partial charge is 0.399 e. The van der Waals surface area contributed by atoms with Gasteiger partial charge in [-0.25, -0.2) is 0 Å². The van der Waals surface area contributed by atoms with Gasteiger partial charge in [0.2, 0.25) is 0 Å². The van der Waals surface area contributed by atoms with Crippen molar-refractivity contribution in [2.75, 3.05) is 34.4 Å². The van der Waals surface area contributed by atoms with E-state index in [9.17, 15) is 0 Å². The second-order valence-electron chi connectivity index (χ2n) is 8.77. The van der Waals surface area contributed by atoms with E-state index in [4.69, 9.17) is 11.5 Å². The Hall–Kier alpha value is -2.36. The molecule has 4 heteroatoms. The van der Waals surface area contributed by atoms with Crippen LogP contribution in [0.3, 0.4) is 0 Å². The first kappa shape index (κ1) is 19.9. The van der Waals surface area contributed by atoms with Crippen molar-refractivity contribution in [1.82, 2.24) is 0 Å². The summed E-state index contributed by atoms with van der Waals surface area (Å²) >= 11 is 0. The van der Waals surface area contributed by atoms with Crippen LogP contribution < -0.4 is 21.3 Å². The molecule has 0 spiro atoms. The Kier molecular flexibility index (Phi) is 6.17. The first-order chi connectivity index (χ1) is 14.2. The maximum Gasteiger partial charge on any atom is 0.0370 e. The minimum atomic E-state index is 0.594. The van der Waals surface area contributed by atoms with Crippen molar-refractivity contribution in [2.45, 2.75) is 64.0 Å². The number of benzene rings is 2. The first-order valence-electron chi connectivity index (χ1n) is 11.4. The SMILES string of the molecule is CCC(C1CCCCN1c1ccc(N)cc1)C1CCCCN1c1ccc(N)cc1. The Morgan fingerprint density at radius 2 is 1.14 bits per heavy atom. The standard InChI is InChI=1S/C25H36N4/c1-2-23(24-7-3-5-17-28(24)21-13-9-19(26)10-14-21)25-8-4-6-18-29(25)22-15-11-20(27)12-16-22/h9-16,23-25H,2-8,17-18,26-27H2,1H3. The molecule has 2 unspecified atom stereocenters. The van der Waals surface area contributed by atoms with Crippen LogP contribution in [0.4, 0.5) is 22.7 Å². The maximum atomic E-state index is 5.95. The van der Waals surface area contributed by atoms with Gasteiger partial charge in [0, 0.05) is 47.9 Å². The van der Waals surface area contributed by atoms with Crippen LogP contribution in [-0.2, 0) is 0 Å². The number of nitrogens with two attached hydrogens (primary N) is 2. The fraction of sp³-hybridized carbons (Fsp3) is 0.520. The average molecular weight is 393 g/mol. The van der Waals surface area contributed by atoms with Gasteiger partial charge in [-0.05, 0) is 99.4 Å². The number of rotatable bonds is 5. The van der Waals surface area contributed by atoms with Gasteiger partial charge in [0.15, 0.2) is 0 Å². The van der Waals surface area contributed by atoms with Crippen molar-refractivity contribution < 1.29 is 0 Å². The number of hydrogen-bond donors (Lipinski definition) is 2. The van der Waals surface area contributed by atoms with Crippen molar-refractivity contribution in [3.05, 3.63) is 48.5 Å². The van der Waals surface area contributed by atoms with E-state index < -0.39 is 0 Å². The number of nitrogen functional groups attached to an aromatic ring is 2. The predicted molar refractivity (Wildman–Crippen MR) is 125 cm³/mol. The molecule has 0 amide bonds. The molecule has 2 aliphatic heterocycles. The van der Waals surface area contributed by atoms with Gasteiger partial charge in [0.05, 0.1) is 0 Å². The third-order valence-corrected chi connectivity index (χ3v) is 7.01. The number of piperidine rings is 2. The van der Waals surface area contributed by atoms with Crippen LogP contribution in [0, 0.1) is 5.92 Å². The summed E-state index contributed by atoms with van der Waals surface area (Å²) in [6, 6.07) is 18.2. The molecule has 2 fully saturated rings. The highest BCUT2D eigenvalue weighted by molar-refractivity contribution is 5.56. The highest BCUT2D eigenvalue weighted by Gasteiger charge is 2.37. The Labute approximate surface area is 175 Å². The van der Waals surface area contributed by atoms with Crippen molar-refractivity contribution >= 4 is 22.7 Å². The summed E-state index contributed by atoms with van der Waals surface area (Å²) in [4.78, 5) is 5.35. The molecule has 2 heterocycles. The smallest absolute Gasteiger partial charge is 0.0370 e. The van der Waals surface area contributed by atoms with Gasteiger partial charge in [0.1, 0.15) is 0 Å². The molecular formula is C25H36N4. The molecule has 0 aliphatic carbocycles. The summed E-state index contributed by atoms with van der Waals surface area (Å²) < 4.78 is 0. The minimum absolute atomic E-state index is 0.594. The lowest BCUT2D eigenvalue weighted by atomic mass is 9.79. The van der Waals surface area contributed by atoms with Gasteiger partial charge < -0.3 is 21.3 Å². The van der Waals surface area contributed by atoms with Gasteiger partial charge in [0.25, 0.3) is 0 Å². The lowest BCUT2D eigenvalue weighted by molar-refractivity contribution is 0.250. The van der Waals surface area contributed by atoms with Gasteiger partial charge in [-0.2, -0.15) is 0 Å². The number of nitrogens with zero attached hydrogens (tertiary/aromatic N) is 2. The third-order valence-electron chi connectivity index (χ3n) is 7.01. The molecule has 2 saturated heterocycles. The molecule has 2 atom stereocenters. The molecule has 2 aromatic rings. The molecule has 156 valence electrons. The molecule has 0 aromatic heterocycles. The number of hydrogen-bond acceptors (Lipinski definition) is 4. The normalized spacial score (nSPS) is 23.8. The van der Waals surface area contributed by atoms with Crippen molar-refractivity contribution in [2.24, 2.45) is 5.92 Å². The molecular weight excluding hydrogens is 356 g/mol. The second-order valence-corrected chi connectivity index (χ2v) is 8.77. The van der Waals surface area contributed by atoms with E-state index in [1.807, 2.05) is 24.3 Å². The van der Waals surface area contributed by atoms with Crippen LogP contribution in [-0.4, -0.2) is 25.2 Å². The molecule has 4 N–H and O–H groups in total. The highest BCUT2D eigenvalue weighted by atomic mass is 15.2. The van der Waals surface area contributed by atoms with Gasteiger partial charge >= 0.3 is 0 Å². The van der Waals surface area contributed by atoms with Gasteiger partial charge in [-0.15, -0.1) is 0 Å². The summed E-state index contributed by atoms with van der Waals surface area (Å²) in [7, 11) is 0.